The van der Waals surface area contributed by atoms with Gasteiger partial charge in [-0.05, 0) is 0 Å². The highest BCUT2D eigenvalue weighted by Gasteiger charge is 2.39. The number of hydrogen-bond acceptors (Lipinski definition) is 6. The second-order valence-electron chi connectivity index (χ2n) is 2.58. The van der Waals surface area contributed by atoms with Gasteiger partial charge in [-0.3, -0.25) is 0 Å². The molecule has 0 amide bonds. The summed E-state index contributed by atoms with van der Waals surface area (Å²) in [6.07, 6.45) is -2.41. The highest BCUT2D eigenvalue weighted by molar-refractivity contribution is 5.89. The normalized spacial score (nSPS) is 24.8. The second-order valence-corrected chi connectivity index (χ2v) is 2.58. The van der Waals surface area contributed by atoms with Crippen molar-refractivity contribution in [2.75, 3.05) is 13.7 Å². The monoisotopic (exact) mass is 190 g/mol. The van der Waals surface area contributed by atoms with Crippen molar-refractivity contribution in [2.24, 2.45) is 0 Å². The van der Waals surface area contributed by atoms with Crippen molar-refractivity contribution in [2.45, 2.75) is 12.2 Å². The third kappa shape index (κ3) is 1.73. The molecule has 0 fully saturated rings. The Labute approximate surface area is 74.0 Å². The summed E-state index contributed by atoms with van der Waals surface area (Å²) in [5.41, 5.74) is 0. The van der Waals surface area contributed by atoms with E-state index in [0.717, 1.165) is 0 Å². The second kappa shape index (κ2) is 3.63. The van der Waals surface area contributed by atoms with Crippen molar-refractivity contribution in [1.82, 2.24) is 0 Å². The zero-order valence-electron chi connectivity index (χ0n) is 6.93. The Morgan fingerprint density at radius 2 is 2.23 bits per heavy atom. The molecule has 0 radical (unpaired) electrons. The van der Waals surface area contributed by atoms with Gasteiger partial charge in [0.2, 0.25) is 5.76 Å². The van der Waals surface area contributed by atoms with E-state index in [4.69, 9.17) is 10.2 Å². The van der Waals surface area contributed by atoms with Crippen LogP contribution in [0.3, 0.4) is 0 Å². The Balaban J connectivity index is 2.70. The summed E-state index contributed by atoms with van der Waals surface area (Å²) in [6.45, 7) is -0.102. The van der Waals surface area contributed by atoms with Gasteiger partial charge < -0.3 is 24.8 Å². The van der Waals surface area contributed by atoms with Crippen LogP contribution in [0.15, 0.2) is 11.5 Å². The first-order valence-corrected chi connectivity index (χ1v) is 3.58. The molecule has 0 aliphatic carbocycles. The van der Waals surface area contributed by atoms with Gasteiger partial charge in [-0.1, -0.05) is 0 Å². The number of aliphatic hydroxyl groups excluding tert-OH is 3. The van der Waals surface area contributed by atoms with E-state index in [2.05, 4.69) is 9.47 Å². The molecule has 0 bridgehead atoms. The summed E-state index contributed by atoms with van der Waals surface area (Å²) < 4.78 is 9.04. The minimum absolute atomic E-state index is 0.102. The molecule has 1 heterocycles. The smallest absolute Gasteiger partial charge is 0.377 e. The van der Waals surface area contributed by atoms with Crippen molar-refractivity contribution in [3.8, 4) is 0 Å². The van der Waals surface area contributed by atoms with Crippen LogP contribution in [0, 0.1) is 0 Å². The van der Waals surface area contributed by atoms with Gasteiger partial charge in [-0.15, -0.1) is 0 Å². The van der Waals surface area contributed by atoms with E-state index in [1.54, 1.807) is 0 Å². The van der Waals surface area contributed by atoms with Crippen LogP contribution in [0.2, 0.25) is 0 Å². The third-order valence-electron chi connectivity index (χ3n) is 1.63. The quantitative estimate of drug-likeness (QED) is 0.506. The molecule has 2 atom stereocenters. The van der Waals surface area contributed by atoms with Gasteiger partial charge in [0.15, 0.2) is 11.9 Å². The minimum Gasteiger partial charge on any atom is -0.505 e. The Kier molecular flexibility index (Phi) is 2.74. The summed E-state index contributed by atoms with van der Waals surface area (Å²) in [6, 6.07) is 0. The standard InChI is InChI=1S/C7H10O6/c1-12-2-3(8)6-4(9)5(10)7(11)13-6/h3,6,8-10H,2H2,1H3/t3-,6-/m0/s1. The predicted molar refractivity (Wildman–Crippen MR) is 40.0 cm³/mol. The summed E-state index contributed by atoms with van der Waals surface area (Å²) >= 11 is 0. The topological polar surface area (TPSA) is 96.2 Å². The average molecular weight is 190 g/mol. The van der Waals surface area contributed by atoms with Gasteiger partial charge in [-0.2, -0.15) is 0 Å². The Morgan fingerprint density at radius 3 is 2.62 bits per heavy atom. The lowest BCUT2D eigenvalue weighted by Crippen LogP contribution is -2.32. The van der Waals surface area contributed by atoms with Crippen LogP contribution >= 0.6 is 0 Å². The molecule has 0 spiro atoms. The molecular weight excluding hydrogens is 180 g/mol. The molecule has 0 unspecified atom stereocenters. The van der Waals surface area contributed by atoms with E-state index < -0.39 is 29.7 Å². The fourth-order valence-electron chi connectivity index (χ4n) is 0.985. The average Bonchev–Trinajstić information content (AvgIpc) is 2.33. The molecule has 1 rings (SSSR count). The molecule has 0 saturated carbocycles. The molecule has 6 nitrogen and oxygen atoms in total. The SMILES string of the molecule is COC[C@H](O)[C@@H]1OC(=O)C(O)=C1O. The third-order valence-corrected chi connectivity index (χ3v) is 1.63. The zero-order chi connectivity index (χ0) is 10.0. The molecule has 0 aromatic carbocycles. The van der Waals surface area contributed by atoms with Gasteiger partial charge in [0, 0.05) is 7.11 Å². The molecule has 13 heavy (non-hydrogen) atoms. The first-order chi connectivity index (χ1) is 6.07. The van der Waals surface area contributed by atoms with Gasteiger partial charge in [0.25, 0.3) is 0 Å². The lowest BCUT2D eigenvalue weighted by molar-refractivity contribution is -0.148. The molecule has 74 valence electrons. The first kappa shape index (κ1) is 9.82. The van der Waals surface area contributed by atoms with Crippen LogP contribution in [-0.4, -0.2) is 47.2 Å². The van der Waals surface area contributed by atoms with Crippen LogP contribution in [-0.2, 0) is 14.3 Å². The van der Waals surface area contributed by atoms with E-state index in [0.29, 0.717) is 0 Å². The number of aliphatic hydroxyl groups is 3. The number of hydrogen-bond donors (Lipinski definition) is 3. The maximum atomic E-state index is 10.7. The van der Waals surface area contributed by atoms with Gasteiger partial charge >= 0.3 is 5.97 Å². The fourth-order valence-corrected chi connectivity index (χ4v) is 0.985. The van der Waals surface area contributed by atoms with E-state index in [1.165, 1.54) is 7.11 Å². The van der Waals surface area contributed by atoms with E-state index in [1.807, 2.05) is 0 Å². The maximum Gasteiger partial charge on any atom is 0.377 e. The van der Waals surface area contributed by atoms with Crippen molar-refractivity contribution >= 4 is 5.97 Å². The molecule has 0 aromatic heterocycles. The molecule has 0 aromatic rings. The van der Waals surface area contributed by atoms with Crippen molar-refractivity contribution in [1.29, 1.82) is 0 Å². The summed E-state index contributed by atoms with van der Waals surface area (Å²) in [7, 11) is 1.35. The van der Waals surface area contributed by atoms with Gasteiger partial charge in [-0.25, -0.2) is 4.79 Å². The number of carbonyl (C=O) groups is 1. The van der Waals surface area contributed by atoms with Crippen LogP contribution in [0.4, 0.5) is 0 Å². The van der Waals surface area contributed by atoms with E-state index in [9.17, 15) is 9.90 Å². The highest BCUT2D eigenvalue weighted by atomic mass is 16.6. The van der Waals surface area contributed by atoms with Crippen LogP contribution in [0.25, 0.3) is 0 Å². The van der Waals surface area contributed by atoms with Crippen molar-refractivity contribution in [3.63, 3.8) is 0 Å². The first-order valence-electron chi connectivity index (χ1n) is 3.58. The summed E-state index contributed by atoms with van der Waals surface area (Å²) in [4.78, 5) is 10.7. The predicted octanol–water partition coefficient (Wildman–Crippen LogP) is -0.753. The molecular formula is C7H10O6. The molecule has 1 aliphatic heterocycles. The zero-order valence-corrected chi connectivity index (χ0v) is 6.93. The van der Waals surface area contributed by atoms with Crippen LogP contribution in [0.5, 0.6) is 0 Å². The van der Waals surface area contributed by atoms with Crippen LogP contribution in [0.1, 0.15) is 0 Å². The van der Waals surface area contributed by atoms with Crippen LogP contribution < -0.4 is 0 Å². The molecule has 0 saturated heterocycles. The number of cyclic esters (lactones) is 1. The Bertz CT molecular complexity index is 245. The van der Waals surface area contributed by atoms with Gasteiger partial charge in [0.05, 0.1) is 6.61 Å². The summed E-state index contributed by atoms with van der Waals surface area (Å²) in [5, 5.41) is 27.2. The maximum absolute atomic E-state index is 10.7. The van der Waals surface area contributed by atoms with E-state index >= 15 is 0 Å². The fraction of sp³-hybridized carbons (Fsp3) is 0.571. The Morgan fingerprint density at radius 1 is 1.62 bits per heavy atom. The molecule has 3 N–H and O–H groups in total. The van der Waals surface area contributed by atoms with Crippen molar-refractivity contribution < 1.29 is 29.6 Å². The lowest BCUT2D eigenvalue weighted by Gasteiger charge is -2.15. The number of methoxy groups -OCH3 is 1. The Hall–Kier alpha value is -1.27. The molecule has 1 aliphatic rings. The number of ether oxygens (including phenoxy) is 2. The molecule has 6 heteroatoms. The highest BCUT2D eigenvalue weighted by Crippen LogP contribution is 2.21. The number of carbonyl (C=O) groups excluding carboxylic acids is 1. The van der Waals surface area contributed by atoms with Crippen molar-refractivity contribution in [3.05, 3.63) is 11.5 Å². The summed E-state index contributed by atoms with van der Waals surface area (Å²) in [5.74, 6) is -2.56. The number of rotatable bonds is 3. The minimum atomic E-state index is -1.23. The largest absolute Gasteiger partial charge is 0.505 e. The van der Waals surface area contributed by atoms with E-state index in [-0.39, 0.29) is 6.61 Å². The number of esters is 1. The van der Waals surface area contributed by atoms with Gasteiger partial charge in [0.1, 0.15) is 6.10 Å². The lowest BCUT2D eigenvalue weighted by atomic mass is 10.2.